The zero-order valence-corrected chi connectivity index (χ0v) is 18.9. The Kier molecular flexibility index (Phi) is 6.29. The summed E-state index contributed by atoms with van der Waals surface area (Å²) in [6, 6.07) is 12.5. The lowest BCUT2D eigenvalue weighted by atomic mass is 10.1. The van der Waals surface area contributed by atoms with Crippen molar-refractivity contribution in [3.05, 3.63) is 83.0 Å². The lowest BCUT2D eigenvalue weighted by Crippen LogP contribution is -2.18. The van der Waals surface area contributed by atoms with Crippen molar-refractivity contribution < 1.29 is 14.6 Å². The summed E-state index contributed by atoms with van der Waals surface area (Å²) in [6.07, 6.45) is 6.27. The molecule has 34 heavy (non-hydrogen) atoms. The summed E-state index contributed by atoms with van der Waals surface area (Å²) in [5, 5.41) is 16.4. The second-order valence-corrected chi connectivity index (χ2v) is 8.61. The summed E-state index contributed by atoms with van der Waals surface area (Å²) in [6.45, 7) is 0.242. The minimum atomic E-state index is -0.988. The maximum atomic E-state index is 12.1. The van der Waals surface area contributed by atoms with Gasteiger partial charge in [-0.1, -0.05) is 29.8 Å². The molecule has 9 nitrogen and oxygen atoms in total. The Morgan fingerprint density at radius 1 is 1.18 bits per heavy atom. The van der Waals surface area contributed by atoms with Crippen LogP contribution in [-0.4, -0.2) is 37.2 Å². The first-order valence-corrected chi connectivity index (χ1v) is 11.3. The lowest BCUT2D eigenvalue weighted by molar-refractivity contribution is 0.0751. The number of amides is 1. The number of hydrogen-bond acceptors (Lipinski definition) is 7. The van der Waals surface area contributed by atoms with Crippen LogP contribution in [-0.2, 0) is 11.3 Å². The average molecular weight is 479 g/mol. The maximum absolute atomic E-state index is 12.1. The number of aromatic nitrogens is 4. The van der Waals surface area contributed by atoms with Gasteiger partial charge in [-0.15, -0.1) is 0 Å². The number of ether oxygens (including phenoxy) is 1. The number of halogens is 1. The summed E-state index contributed by atoms with van der Waals surface area (Å²) >= 11 is 5.92. The summed E-state index contributed by atoms with van der Waals surface area (Å²) in [5.74, 6) is 1.48. The van der Waals surface area contributed by atoms with Crippen LogP contribution in [0.25, 0.3) is 5.65 Å². The number of hydrogen-bond donors (Lipinski definition) is 3. The molecule has 3 aromatic heterocycles. The molecular formula is C24H23ClN6O3. The Bertz CT molecular complexity index is 1320. The van der Waals surface area contributed by atoms with E-state index in [0.29, 0.717) is 28.9 Å². The Balaban J connectivity index is 1.14. The third-order valence-corrected chi connectivity index (χ3v) is 5.76. The van der Waals surface area contributed by atoms with Gasteiger partial charge in [0, 0.05) is 23.5 Å². The quantitative estimate of drug-likeness (QED) is 0.340. The van der Waals surface area contributed by atoms with Crippen molar-refractivity contribution >= 4 is 35.0 Å². The van der Waals surface area contributed by atoms with Crippen LogP contribution < -0.4 is 10.6 Å². The van der Waals surface area contributed by atoms with Crippen molar-refractivity contribution in [2.45, 2.75) is 31.4 Å². The van der Waals surface area contributed by atoms with Crippen LogP contribution in [0.4, 0.5) is 16.4 Å². The highest BCUT2D eigenvalue weighted by Gasteiger charge is 2.23. The van der Waals surface area contributed by atoms with Crippen molar-refractivity contribution in [2.24, 2.45) is 0 Å². The van der Waals surface area contributed by atoms with Crippen LogP contribution >= 0.6 is 11.6 Å². The third-order valence-electron chi connectivity index (χ3n) is 5.53. The molecule has 10 heteroatoms. The van der Waals surface area contributed by atoms with E-state index in [2.05, 4.69) is 37.8 Å². The van der Waals surface area contributed by atoms with E-state index >= 15 is 0 Å². The SMILES string of the molecule is O=C(Nc1cc(NCc2cn3cc(C4CC4)ccc3n2)ncn1)OCC(O)c1cccc(Cl)c1. The van der Waals surface area contributed by atoms with E-state index in [-0.39, 0.29) is 12.4 Å². The van der Waals surface area contributed by atoms with Crippen molar-refractivity contribution in [3.8, 4) is 0 Å². The number of anilines is 2. The van der Waals surface area contributed by atoms with Crippen molar-refractivity contribution in [3.63, 3.8) is 0 Å². The molecule has 1 aromatic carbocycles. The van der Waals surface area contributed by atoms with Crippen LogP contribution in [0.2, 0.25) is 5.02 Å². The van der Waals surface area contributed by atoms with E-state index in [1.165, 1.54) is 24.7 Å². The second-order valence-electron chi connectivity index (χ2n) is 8.17. The number of nitrogens with zero attached hydrogens (tertiary/aromatic N) is 4. The van der Waals surface area contributed by atoms with Gasteiger partial charge < -0.3 is 19.6 Å². The van der Waals surface area contributed by atoms with Crippen molar-refractivity contribution in [2.75, 3.05) is 17.2 Å². The number of pyridine rings is 1. The molecule has 0 saturated heterocycles. The molecule has 0 bridgehead atoms. The minimum Gasteiger partial charge on any atom is -0.446 e. The fraction of sp³-hybridized carbons (Fsp3) is 0.250. The summed E-state index contributed by atoms with van der Waals surface area (Å²) in [4.78, 5) is 25.0. The standard InChI is InChI=1S/C24H23ClN6O3/c25-18-3-1-2-16(8-18)20(32)13-34-24(33)30-22-9-21(27-14-28-22)26-10-19-12-31-11-17(15-4-5-15)6-7-23(31)29-19/h1-3,6-9,11-12,14-15,20,32H,4-5,10,13H2,(H2,26,27,28,30,33). The van der Waals surface area contributed by atoms with Gasteiger partial charge in [0.25, 0.3) is 0 Å². The molecule has 3 heterocycles. The minimum absolute atomic E-state index is 0.223. The predicted octanol–water partition coefficient (Wildman–Crippen LogP) is 4.55. The number of carbonyl (C=O) groups is 1. The van der Waals surface area contributed by atoms with Gasteiger partial charge in [-0.2, -0.15) is 0 Å². The number of aliphatic hydroxyl groups excluding tert-OH is 1. The molecular weight excluding hydrogens is 456 g/mol. The van der Waals surface area contributed by atoms with Gasteiger partial charge in [0.05, 0.1) is 12.2 Å². The summed E-state index contributed by atoms with van der Waals surface area (Å²) in [7, 11) is 0. The van der Waals surface area contributed by atoms with Gasteiger partial charge in [-0.05, 0) is 48.1 Å². The Labute approximate surface area is 200 Å². The van der Waals surface area contributed by atoms with Crippen LogP contribution in [0.5, 0.6) is 0 Å². The number of imidazole rings is 1. The summed E-state index contributed by atoms with van der Waals surface area (Å²) < 4.78 is 7.15. The van der Waals surface area contributed by atoms with Crippen molar-refractivity contribution in [1.29, 1.82) is 0 Å². The highest BCUT2D eigenvalue weighted by Crippen LogP contribution is 2.39. The Morgan fingerprint density at radius 3 is 2.85 bits per heavy atom. The number of aliphatic hydroxyl groups is 1. The monoisotopic (exact) mass is 478 g/mol. The molecule has 3 N–H and O–H groups in total. The zero-order valence-electron chi connectivity index (χ0n) is 18.2. The van der Waals surface area contributed by atoms with Gasteiger partial charge in [-0.25, -0.2) is 19.7 Å². The van der Waals surface area contributed by atoms with Gasteiger partial charge >= 0.3 is 6.09 Å². The van der Waals surface area contributed by atoms with Gasteiger partial charge in [-0.3, -0.25) is 5.32 Å². The smallest absolute Gasteiger partial charge is 0.412 e. The van der Waals surface area contributed by atoms with Crippen LogP contribution in [0.1, 0.15) is 41.7 Å². The molecule has 4 aromatic rings. The fourth-order valence-corrected chi connectivity index (χ4v) is 3.81. The normalized spacial score (nSPS) is 14.1. The number of fused-ring (bicyclic) bond motifs is 1. The van der Waals surface area contributed by atoms with Crippen LogP contribution in [0.3, 0.4) is 0 Å². The predicted molar refractivity (Wildman–Crippen MR) is 128 cm³/mol. The molecule has 1 atom stereocenters. The number of rotatable bonds is 8. The molecule has 0 radical (unpaired) electrons. The molecule has 0 spiro atoms. The van der Waals surface area contributed by atoms with E-state index in [1.807, 2.05) is 16.7 Å². The lowest BCUT2D eigenvalue weighted by Gasteiger charge is -2.12. The Morgan fingerprint density at radius 2 is 2.03 bits per heavy atom. The van der Waals surface area contributed by atoms with E-state index in [1.54, 1.807) is 30.3 Å². The first kappa shape index (κ1) is 22.1. The van der Waals surface area contributed by atoms with Crippen LogP contribution in [0.15, 0.2) is 61.2 Å². The third kappa shape index (κ3) is 5.44. The van der Waals surface area contributed by atoms with Crippen LogP contribution in [0, 0.1) is 0 Å². The number of nitrogens with one attached hydrogen (secondary N) is 2. The molecule has 5 rings (SSSR count). The van der Waals surface area contributed by atoms with E-state index in [0.717, 1.165) is 11.3 Å². The number of benzene rings is 1. The average Bonchev–Trinajstić information content (AvgIpc) is 3.60. The zero-order chi connectivity index (χ0) is 23.5. The molecule has 1 amide bonds. The molecule has 0 aliphatic heterocycles. The van der Waals surface area contributed by atoms with Gasteiger partial charge in [0.2, 0.25) is 0 Å². The maximum Gasteiger partial charge on any atom is 0.412 e. The fourth-order valence-electron chi connectivity index (χ4n) is 3.61. The topological polar surface area (TPSA) is 114 Å². The molecule has 1 aliphatic carbocycles. The van der Waals surface area contributed by atoms with E-state index in [4.69, 9.17) is 16.3 Å². The summed E-state index contributed by atoms with van der Waals surface area (Å²) in [5.41, 5.74) is 3.68. The molecule has 1 fully saturated rings. The second kappa shape index (κ2) is 9.66. The molecule has 1 saturated carbocycles. The highest BCUT2D eigenvalue weighted by molar-refractivity contribution is 6.30. The van der Waals surface area contributed by atoms with E-state index in [9.17, 15) is 9.90 Å². The molecule has 1 unspecified atom stereocenters. The first-order chi connectivity index (χ1) is 16.5. The van der Waals surface area contributed by atoms with Gasteiger partial charge in [0.1, 0.15) is 36.3 Å². The molecule has 174 valence electrons. The largest absolute Gasteiger partial charge is 0.446 e. The molecule has 1 aliphatic rings. The van der Waals surface area contributed by atoms with Gasteiger partial charge in [0.15, 0.2) is 0 Å². The highest BCUT2D eigenvalue weighted by atomic mass is 35.5. The number of carbonyl (C=O) groups excluding carboxylic acids is 1. The van der Waals surface area contributed by atoms with E-state index < -0.39 is 12.2 Å². The first-order valence-electron chi connectivity index (χ1n) is 10.9. The van der Waals surface area contributed by atoms with Crippen molar-refractivity contribution in [1.82, 2.24) is 19.4 Å². The Hall–Kier alpha value is -3.69.